The zero-order valence-electron chi connectivity index (χ0n) is 11.1. The first-order valence-corrected chi connectivity index (χ1v) is 6.42. The summed E-state index contributed by atoms with van der Waals surface area (Å²) in [6, 6.07) is 0. The van der Waals surface area contributed by atoms with Crippen molar-refractivity contribution in [3.05, 3.63) is 12.2 Å². The number of allylic oxidation sites excluding steroid dienone is 2. The van der Waals surface area contributed by atoms with Gasteiger partial charge in [-0.3, -0.25) is 4.79 Å². The van der Waals surface area contributed by atoms with Crippen LogP contribution in [-0.4, -0.2) is 17.9 Å². The van der Waals surface area contributed by atoms with Crippen molar-refractivity contribution in [1.29, 1.82) is 0 Å². The van der Waals surface area contributed by atoms with E-state index in [9.17, 15) is 4.79 Å². The summed E-state index contributed by atoms with van der Waals surface area (Å²) >= 11 is 0. The smallest absolute Gasteiger partial charge is 0.311 e. The number of ether oxygens (including phenoxy) is 2. The molecule has 0 spiro atoms. The minimum atomic E-state index is -0.467. The molecule has 0 heterocycles. The molecular weight excluding hydrogens is 216 g/mol. The third kappa shape index (κ3) is 3.09. The highest BCUT2D eigenvalue weighted by Gasteiger charge is 2.41. The van der Waals surface area contributed by atoms with Gasteiger partial charge in [0.05, 0.1) is 11.5 Å². The van der Waals surface area contributed by atoms with Gasteiger partial charge in [-0.15, -0.1) is 0 Å². The van der Waals surface area contributed by atoms with Gasteiger partial charge in [-0.1, -0.05) is 12.2 Å². The van der Waals surface area contributed by atoms with Crippen LogP contribution in [0.2, 0.25) is 0 Å². The van der Waals surface area contributed by atoms with Gasteiger partial charge in [0.2, 0.25) is 6.29 Å². The van der Waals surface area contributed by atoms with Crippen LogP contribution >= 0.6 is 0 Å². The lowest BCUT2D eigenvalue weighted by molar-refractivity contribution is -0.201. The molecule has 96 valence electrons. The van der Waals surface area contributed by atoms with Crippen LogP contribution in [-0.2, 0) is 14.3 Å². The fraction of sp³-hybridized carbons (Fsp3) is 0.786. The van der Waals surface area contributed by atoms with E-state index in [1.165, 1.54) is 0 Å². The van der Waals surface area contributed by atoms with Crippen molar-refractivity contribution in [2.75, 3.05) is 0 Å². The van der Waals surface area contributed by atoms with Crippen LogP contribution in [0.1, 0.15) is 40.5 Å². The van der Waals surface area contributed by atoms with Crippen LogP contribution in [0, 0.1) is 17.8 Å². The van der Waals surface area contributed by atoms with Crippen molar-refractivity contribution in [2.45, 2.75) is 52.4 Å². The quantitative estimate of drug-likeness (QED) is 0.431. The Balaban J connectivity index is 1.83. The van der Waals surface area contributed by atoms with Crippen LogP contribution < -0.4 is 0 Å². The molecule has 2 bridgehead atoms. The molecule has 2 aliphatic rings. The van der Waals surface area contributed by atoms with Crippen LogP contribution in [0.15, 0.2) is 12.2 Å². The van der Waals surface area contributed by atoms with Gasteiger partial charge in [-0.25, -0.2) is 0 Å². The van der Waals surface area contributed by atoms with Crippen molar-refractivity contribution < 1.29 is 14.3 Å². The first-order chi connectivity index (χ1) is 7.85. The maximum absolute atomic E-state index is 12.0. The Kier molecular flexibility index (Phi) is 3.30. The molecule has 0 amide bonds. The lowest BCUT2D eigenvalue weighted by Crippen LogP contribution is -2.32. The molecule has 0 saturated heterocycles. The topological polar surface area (TPSA) is 35.5 Å². The van der Waals surface area contributed by atoms with E-state index in [2.05, 4.69) is 12.2 Å². The second kappa shape index (κ2) is 4.45. The molecule has 17 heavy (non-hydrogen) atoms. The molecule has 0 N–H and O–H groups in total. The molecule has 0 aromatic rings. The second-order valence-corrected chi connectivity index (χ2v) is 6.12. The highest BCUT2D eigenvalue weighted by atomic mass is 16.7. The molecular formula is C14H22O3. The maximum atomic E-state index is 12.0. The van der Waals surface area contributed by atoms with Gasteiger partial charge in [0.25, 0.3) is 0 Å². The van der Waals surface area contributed by atoms with E-state index in [4.69, 9.17) is 9.47 Å². The predicted molar refractivity (Wildman–Crippen MR) is 65.2 cm³/mol. The molecule has 1 fully saturated rings. The number of carbonyl (C=O) groups is 1. The van der Waals surface area contributed by atoms with Crippen molar-refractivity contribution in [3.8, 4) is 0 Å². The molecule has 2 aliphatic carbocycles. The first-order valence-electron chi connectivity index (χ1n) is 6.42. The minimum absolute atomic E-state index is 0.0519. The van der Waals surface area contributed by atoms with E-state index in [-0.39, 0.29) is 17.5 Å². The average molecular weight is 238 g/mol. The Bertz CT molecular complexity index is 327. The molecule has 2 rings (SSSR count). The summed E-state index contributed by atoms with van der Waals surface area (Å²) < 4.78 is 11.0. The van der Waals surface area contributed by atoms with Gasteiger partial charge in [-0.05, 0) is 52.4 Å². The molecule has 0 radical (unpaired) electrons. The molecule has 1 saturated carbocycles. The summed E-state index contributed by atoms with van der Waals surface area (Å²) in [5.41, 5.74) is -0.283. The van der Waals surface area contributed by atoms with Gasteiger partial charge in [0.1, 0.15) is 0 Å². The van der Waals surface area contributed by atoms with Gasteiger partial charge in [-0.2, -0.15) is 0 Å². The van der Waals surface area contributed by atoms with Crippen molar-refractivity contribution in [2.24, 2.45) is 17.8 Å². The van der Waals surface area contributed by atoms with Gasteiger partial charge >= 0.3 is 5.97 Å². The highest BCUT2D eigenvalue weighted by molar-refractivity contribution is 5.74. The number of hydrogen-bond donors (Lipinski definition) is 0. The Morgan fingerprint density at radius 1 is 1.29 bits per heavy atom. The van der Waals surface area contributed by atoms with E-state index in [1.807, 2.05) is 20.8 Å². The average Bonchev–Trinajstić information content (AvgIpc) is 2.74. The Labute approximate surface area is 103 Å². The fourth-order valence-corrected chi connectivity index (χ4v) is 2.82. The number of carbonyl (C=O) groups excluding carboxylic acids is 1. The third-order valence-electron chi connectivity index (χ3n) is 3.38. The first kappa shape index (κ1) is 12.6. The van der Waals surface area contributed by atoms with Gasteiger partial charge in [0.15, 0.2) is 0 Å². The third-order valence-corrected chi connectivity index (χ3v) is 3.38. The van der Waals surface area contributed by atoms with Crippen LogP contribution in [0.5, 0.6) is 0 Å². The van der Waals surface area contributed by atoms with Crippen molar-refractivity contribution in [3.63, 3.8) is 0 Å². The minimum Gasteiger partial charge on any atom is -0.436 e. The zero-order valence-corrected chi connectivity index (χ0v) is 11.1. The summed E-state index contributed by atoms with van der Waals surface area (Å²) in [5, 5.41) is 0. The summed E-state index contributed by atoms with van der Waals surface area (Å²) in [5.74, 6) is 0.945. The van der Waals surface area contributed by atoms with E-state index < -0.39 is 6.29 Å². The number of esters is 1. The summed E-state index contributed by atoms with van der Waals surface area (Å²) in [4.78, 5) is 12.0. The van der Waals surface area contributed by atoms with Crippen LogP contribution in [0.4, 0.5) is 0 Å². The summed E-state index contributed by atoms with van der Waals surface area (Å²) in [6.07, 6.45) is 5.99. The van der Waals surface area contributed by atoms with Gasteiger partial charge < -0.3 is 9.47 Å². The highest BCUT2D eigenvalue weighted by Crippen LogP contribution is 2.44. The molecule has 0 aromatic carbocycles. The number of rotatable bonds is 3. The van der Waals surface area contributed by atoms with Crippen molar-refractivity contribution >= 4 is 5.97 Å². The lowest BCUT2D eigenvalue weighted by Gasteiger charge is -2.26. The summed E-state index contributed by atoms with van der Waals surface area (Å²) in [6.45, 7) is 7.65. The number of fused-ring (bicyclic) bond motifs is 2. The summed E-state index contributed by atoms with van der Waals surface area (Å²) in [7, 11) is 0. The monoisotopic (exact) mass is 238 g/mol. The lowest BCUT2D eigenvalue weighted by atomic mass is 9.94. The van der Waals surface area contributed by atoms with E-state index in [1.54, 1.807) is 6.92 Å². The SMILES string of the molecule is CC(OC(=O)C1C[C@@H]2C=C[C@H]1C2)OC(C)(C)C. The molecule has 2 unspecified atom stereocenters. The largest absolute Gasteiger partial charge is 0.436 e. The van der Waals surface area contributed by atoms with E-state index in [0.29, 0.717) is 11.8 Å². The molecule has 3 nitrogen and oxygen atoms in total. The molecule has 0 aromatic heterocycles. The normalized spacial score (nSPS) is 32.8. The Morgan fingerprint density at radius 2 is 2.00 bits per heavy atom. The standard InChI is InChI=1S/C14H22O3/c1-9(17-14(2,3)4)16-13(15)12-8-10-5-6-11(12)7-10/h5-6,9-12H,7-8H2,1-4H3/t9?,10-,11+,12?/m1/s1. The molecule has 3 heteroatoms. The predicted octanol–water partition coefficient (Wildman–Crippen LogP) is 2.90. The van der Waals surface area contributed by atoms with Crippen LogP contribution in [0.25, 0.3) is 0 Å². The van der Waals surface area contributed by atoms with E-state index in [0.717, 1.165) is 12.8 Å². The zero-order chi connectivity index (χ0) is 12.6. The second-order valence-electron chi connectivity index (χ2n) is 6.12. The van der Waals surface area contributed by atoms with Crippen LogP contribution in [0.3, 0.4) is 0 Å². The van der Waals surface area contributed by atoms with E-state index >= 15 is 0 Å². The molecule has 4 atom stereocenters. The molecule has 0 aliphatic heterocycles. The van der Waals surface area contributed by atoms with Gasteiger partial charge in [0, 0.05) is 0 Å². The number of hydrogen-bond acceptors (Lipinski definition) is 3. The fourth-order valence-electron chi connectivity index (χ4n) is 2.82. The van der Waals surface area contributed by atoms with Crippen molar-refractivity contribution in [1.82, 2.24) is 0 Å². The Hall–Kier alpha value is -0.830. The maximum Gasteiger partial charge on any atom is 0.311 e. The Morgan fingerprint density at radius 3 is 2.47 bits per heavy atom.